The summed E-state index contributed by atoms with van der Waals surface area (Å²) in [6.45, 7) is 2.49. The van der Waals surface area contributed by atoms with Crippen molar-refractivity contribution in [3.05, 3.63) is 34.1 Å². The van der Waals surface area contributed by atoms with Gasteiger partial charge in [0.15, 0.2) is 0 Å². The van der Waals surface area contributed by atoms with Crippen LogP contribution in [0.15, 0.2) is 22.7 Å². The molecule has 1 aliphatic rings. The molecule has 2 rings (SSSR count). The Hall–Kier alpha value is -0.450. The van der Waals surface area contributed by atoms with Crippen LogP contribution < -0.4 is 5.32 Å². The third-order valence-corrected chi connectivity index (χ3v) is 3.54. The van der Waals surface area contributed by atoms with Gasteiger partial charge in [0.1, 0.15) is 5.82 Å². The summed E-state index contributed by atoms with van der Waals surface area (Å²) in [5, 5.41) is 3.28. The summed E-state index contributed by atoms with van der Waals surface area (Å²) in [5.74, 6) is -0.216. The maximum absolute atomic E-state index is 13.0. The van der Waals surface area contributed by atoms with Gasteiger partial charge in [0, 0.05) is 4.47 Å². The Bertz CT molecular complexity index is 353. The van der Waals surface area contributed by atoms with Gasteiger partial charge in [0.2, 0.25) is 0 Å². The molecule has 0 aromatic heterocycles. The molecule has 1 heterocycles. The zero-order chi connectivity index (χ0) is 11.4. The predicted octanol–water partition coefficient (Wildman–Crippen LogP) is 2.86. The summed E-state index contributed by atoms with van der Waals surface area (Å²) in [5.41, 5.74) is 0.874. The summed E-state index contributed by atoms with van der Waals surface area (Å²) in [6, 6.07) is 4.68. The molecule has 0 radical (unpaired) electrons. The average Bonchev–Trinajstić information content (AvgIpc) is 2.32. The molecule has 0 unspecified atom stereocenters. The maximum atomic E-state index is 13.0. The van der Waals surface area contributed by atoms with E-state index in [9.17, 15) is 4.39 Å². The molecule has 16 heavy (non-hydrogen) atoms. The van der Waals surface area contributed by atoms with E-state index in [1.54, 1.807) is 6.07 Å². The lowest BCUT2D eigenvalue weighted by molar-refractivity contribution is 0.0208. The third-order valence-electron chi connectivity index (χ3n) is 2.77. The van der Waals surface area contributed by atoms with Crippen molar-refractivity contribution >= 4 is 15.9 Å². The summed E-state index contributed by atoms with van der Waals surface area (Å²) in [6.07, 6.45) is 2.37. The number of hydrogen-bond donors (Lipinski definition) is 1. The molecule has 0 saturated carbocycles. The van der Waals surface area contributed by atoms with Crippen LogP contribution in [0, 0.1) is 5.82 Å². The second kappa shape index (κ2) is 5.75. The van der Waals surface area contributed by atoms with Crippen LogP contribution in [0.25, 0.3) is 0 Å². The number of nitrogens with one attached hydrogen (secondary N) is 1. The van der Waals surface area contributed by atoms with Gasteiger partial charge < -0.3 is 10.1 Å². The second-order valence-electron chi connectivity index (χ2n) is 4.00. The van der Waals surface area contributed by atoms with E-state index < -0.39 is 0 Å². The van der Waals surface area contributed by atoms with E-state index in [4.69, 9.17) is 4.74 Å². The summed E-state index contributed by atoms with van der Waals surface area (Å²) in [7, 11) is 0. The zero-order valence-corrected chi connectivity index (χ0v) is 10.6. The highest BCUT2D eigenvalue weighted by atomic mass is 79.9. The number of halogens is 2. The van der Waals surface area contributed by atoms with Crippen molar-refractivity contribution in [2.75, 3.05) is 13.1 Å². The fraction of sp³-hybridized carbons (Fsp3) is 0.500. The molecule has 0 bridgehead atoms. The van der Waals surface area contributed by atoms with Crippen LogP contribution in [0.5, 0.6) is 0 Å². The SMILES string of the molecule is Fc1ccc(Br)c(COC2CCNCC2)c1. The molecule has 2 nitrogen and oxygen atoms in total. The monoisotopic (exact) mass is 287 g/mol. The lowest BCUT2D eigenvalue weighted by Crippen LogP contribution is -2.32. The van der Waals surface area contributed by atoms with Crippen molar-refractivity contribution < 1.29 is 9.13 Å². The zero-order valence-electron chi connectivity index (χ0n) is 9.01. The Morgan fingerprint density at radius 3 is 2.88 bits per heavy atom. The van der Waals surface area contributed by atoms with E-state index in [1.165, 1.54) is 12.1 Å². The Labute approximate surface area is 103 Å². The van der Waals surface area contributed by atoms with Gasteiger partial charge in [-0.3, -0.25) is 0 Å². The third kappa shape index (κ3) is 3.27. The number of rotatable bonds is 3. The molecule has 1 aromatic carbocycles. The van der Waals surface area contributed by atoms with Crippen LogP contribution in [0.1, 0.15) is 18.4 Å². The van der Waals surface area contributed by atoms with Crippen LogP contribution in [-0.4, -0.2) is 19.2 Å². The van der Waals surface area contributed by atoms with Crippen LogP contribution in [0.3, 0.4) is 0 Å². The highest BCUT2D eigenvalue weighted by Crippen LogP contribution is 2.20. The predicted molar refractivity (Wildman–Crippen MR) is 64.8 cm³/mol. The molecule has 1 fully saturated rings. The molecule has 1 aliphatic heterocycles. The number of piperidine rings is 1. The molecule has 0 spiro atoms. The van der Waals surface area contributed by atoms with E-state index in [0.717, 1.165) is 36.0 Å². The number of hydrogen-bond acceptors (Lipinski definition) is 2. The van der Waals surface area contributed by atoms with Gasteiger partial charge in [0.25, 0.3) is 0 Å². The van der Waals surface area contributed by atoms with Crippen molar-refractivity contribution in [3.8, 4) is 0 Å². The number of ether oxygens (including phenoxy) is 1. The highest BCUT2D eigenvalue weighted by molar-refractivity contribution is 9.10. The van der Waals surface area contributed by atoms with E-state index in [2.05, 4.69) is 21.2 Å². The van der Waals surface area contributed by atoms with Gasteiger partial charge in [-0.05, 0) is 49.7 Å². The minimum absolute atomic E-state index is 0.216. The summed E-state index contributed by atoms with van der Waals surface area (Å²) in [4.78, 5) is 0. The van der Waals surface area contributed by atoms with Crippen molar-refractivity contribution in [2.24, 2.45) is 0 Å². The molecule has 1 aromatic rings. The van der Waals surface area contributed by atoms with Gasteiger partial charge in [0.05, 0.1) is 12.7 Å². The standard InChI is InChI=1S/C12H15BrFNO/c13-12-2-1-10(14)7-9(12)8-16-11-3-5-15-6-4-11/h1-2,7,11,15H,3-6,8H2. The van der Waals surface area contributed by atoms with E-state index in [-0.39, 0.29) is 5.82 Å². The smallest absolute Gasteiger partial charge is 0.123 e. The molecule has 1 N–H and O–H groups in total. The Kier molecular flexibility index (Phi) is 4.32. The first-order valence-corrected chi connectivity index (χ1v) is 6.31. The Balaban J connectivity index is 1.90. The molecule has 0 amide bonds. The Morgan fingerprint density at radius 1 is 1.38 bits per heavy atom. The van der Waals surface area contributed by atoms with Crippen LogP contribution in [0.4, 0.5) is 4.39 Å². The molecular weight excluding hydrogens is 273 g/mol. The molecule has 4 heteroatoms. The normalized spacial score (nSPS) is 17.6. The first-order chi connectivity index (χ1) is 7.75. The first-order valence-electron chi connectivity index (χ1n) is 5.52. The quantitative estimate of drug-likeness (QED) is 0.923. The largest absolute Gasteiger partial charge is 0.373 e. The summed E-state index contributed by atoms with van der Waals surface area (Å²) >= 11 is 3.40. The highest BCUT2D eigenvalue weighted by Gasteiger charge is 2.13. The number of benzene rings is 1. The molecule has 1 saturated heterocycles. The molecule has 88 valence electrons. The lowest BCUT2D eigenvalue weighted by atomic mass is 10.1. The van der Waals surface area contributed by atoms with Gasteiger partial charge in [-0.15, -0.1) is 0 Å². The van der Waals surface area contributed by atoms with Crippen molar-refractivity contribution in [1.29, 1.82) is 0 Å². The Morgan fingerprint density at radius 2 is 2.12 bits per heavy atom. The van der Waals surface area contributed by atoms with Crippen LogP contribution in [-0.2, 0) is 11.3 Å². The van der Waals surface area contributed by atoms with Crippen molar-refractivity contribution in [1.82, 2.24) is 5.32 Å². The lowest BCUT2D eigenvalue weighted by Gasteiger charge is -2.23. The van der Waals surface area contributed by atoms with Crippen molar-refractivity contribution in [3.63, 3.8) is 0 Å². The minimum atomic E-state index is -0.216. The fourth-order valence-electron chi connectivity index (χ4n) is 1.82. The van der Waals surface area contributed by atoms with Gasteiger partial charge in [-0.1, -0.05) is 15.9 Å². The van der Waals surface area contributed by atoms with E-state index >= 15 is 0 Å². The molecule has 0 aliphatic carbocycles. The van der Waals surface area contributed by atoms with Crippen LogP contribution in [0.2, 0.25) is 0 Å². The van der Waals surface area contributed by atoms with E-state index in [1.807, 2.05) is 0 Å². The molecule has 0 atom stereocenters. The topological polar surface area (TPSA) is 21.3 Å². The van der Waals surface area contributed by atoms with Gasteiger partial charge >= 0.3 is 0 Å². The van der Waals surface area contributed by atoms with Crippen molar-refractivity contribution in [2.45, 2.75) is 25.6 Å². The summed E-state index contributed by atoms with van der Waals surface area (Å²) < 4.78 is 19.7. The van der Waals surface area contributed by atoms with Crippen LogP contribution >= 0.6 is 15.9 Å². The maximum Gasteiger partial charge on any atom is 0.123 e. The van der Waals surface area contributed by atoms with Gasteiger partial charge in [-0.2, -0.15) is 0 Å². The molecular formula is C12H15BrFNO. The first kappa shape index (κ1) is 12.0. The fourth-order valence-corrected chi connectivity index (χ4v) is 2.18. The van der Waals surface area contributed by atoms with Gasteiger partial charge in [-0.25, -0.2) is 4.39 Å². The minimum Gasteiger partial charge on any atom is -0.373 e. The average molecular weight is 288 g/mol. The van der Waals surface area contributed by atoms with E-state index in [0.29, 0.717) is 12.7 Å². The second-order valence-corrected chi connectivity index (χ2v) is 4.85.